The first-order valence-electron chi connectivity index (χ1n) is 6.93. The van der Waals surface area contributed by atoms with E-state index in [0.29, 0.717) is 0 Å². The van der Waals surface area contributed by atoms with E-state index in [2.05, 4.69) is 28.3 Å². The fraction of sp³-hybridized carbons (Fsp3) is 1.00. The Bertz CT molecular complexity index is 226. The second-order valence-electron chi connectivity index (χ2n) is 4.57. The van der Waals surface area contributed by atoms with Crippen molar-refractivity contribution in [2.24, 2.45) is 0 Å². The van der Waals surface area contributed by atoms with Crippen LogP contribution in [0.1, 0.15) is 71.1 Å². The van der Waals surface area contributed by atoms with Crippen molar-refractivity contribution in [2.75, 3.05) is 6.61 Å². The lowest BCUT2D eigenvalue weighted by atomic mass is 10.1. The normalized spacial score (nSPS) is 14.6. The molecule has 1 N–H and O–H groups in total. The topological polar surface area (TPSA) is 55.8 Å². The third-order valence-corrected chi connectivity index (χ3v) is 4.19. The molecule has 18 heavy (non-hydrogen) atoms. The zero-order chi connectivity index (χ0) is 13.7. The summed E-state index contributed by atoms with van der Waals surface area (Å²) in [6.45, 7) is 2.48. The van der Waals surface area contributed by atoms with Gasteiger partial charge in [-0.25, -0.2) is 8.54 Å². The molecule has 0 heterocycles. The molecule has 0 aliphatic rings. The zero-order valence-corrected chi connectivity index (χ0v) is 13.1. The third-order valence-electron chi connectivity index (χ3n) is 2.86. The molecule has 0 amide bonds. The van der Waals surface area contributed by atoms with E-state index in [4.69, 9.17) is 4.89 Å². The Kier molecular flexibility index (Phi) is 12.8. The van der Waals surface area contributed by atoms with Gasteiger partial charge in [-0.3, -0.25) is 4.52 Å². The van der Waals surface area contributed by atoms with Crippen LogP contribution in [0.25, 0.3) is 0 Å². The number of rotatable bonds is 13. The van der Waals surface area contributed by atoms with Crippen molar-refractivity contribution in [1.82, 2.24) is 0 Å². The summed E-state index contributed by atoms with van der Waals surface area (Å²) in [6.07, 6.45) is 12.2. The van der Waals surface area contributed by atoms with E-state index in [1.54, 1.807) is 0 Å². The van der Waals surface area contributed by atoms with Gasteiger partial charge < -0.3 is 4.89 Å². The molecule has 0 aliphatic heterocycles. The Morgan fingerprint density at radius 2 is 1.39 bits per heavy atom. The number of hydrogen-bond donors (Lipinski definition) is 2. The van der Waals surface area contributed by atoms with E-state index in [1.165, 1.54) is 44.9 Å². The molecule has 0 aliphatic carbocycles. The Labute approximate surface area is 117 Å². The highest BCUT2D eigenvalue weighted by molar-refractivity contribution is 7.80. The van der Waals surface area contributed by atoms with Gasteiger partial charge in [0.15, 0.2) is 0 Å². The molecule has 0 saturated heterocycles. The van der Waals surface area contributed by atoms with Crippen LogP contribution >= 0.6 is 20.7 Å². The predicted molar refractivity (Wildman–Crippen MR) is 77.7 cm³/mol. The molecule has 4 nitrogen and oxygen atoms in total. The minimum absolute atomic E-state index is 0.255. The number of hydrogen-bond acceptors (Lipinski definition) is 4. The molecule has 0 radical (unpaired) electrons. The maximum atomic E-state index is 10.9. The maximum Gasteiger partial charge on any atom is 0.483 e. The predicted octanol–water partition coefficient (Wildman–Crippen LogP) is 4.89. The second-order valence-corrected chi connectivity index (χ2v) is 6.41. The van der Waals surface area contributed by atoms with E-state index in [1.807, 2.05) is 0 Å². The van der Waals surface area contributed by atoms with Crippen LogP contribution in [0.3, 0.4) is 0 Å². The van der Waals surface area contributed by atoms with E-state index < -0.39 is 7.82 Å². The van der Waals surface area contributed by atoms with E-state index in [-0.39, 0.29) is 6.61 Å². The number of phosphoric ester groups is 1. The molecule has 6 heteroatoms. The molecule has 0 saturated carbocycles. The molecule has 1 atom stereocenters. The average molecular weight is 298 g/mol. The van der Waals surface area contributed by atoms with Crippen LogP contribution in [0, 0.1) is 0 Å². The van der Waals surface area contributed by atoms with Crippen LogP contribution in [0.4, 0.5) is 0 Å². The first-order valence-corrected chi connectivity index (χ1v) is 8.79. The lowest BCUT2D eigenvalue weighted by Gasteiger charge is -2.07. The van der Waals surface area contributed by atoms with Gasteiger partial charge in [-0.05, 0) is 19.3 Å². The average Bonchev–Trinajstić information content (AvgIpc) is 2.36. The van der Waals surface area contributed by atoms with Crippen LogP contribution in [0.5, 0.6) is 0 Å². The Hall–Kier alpha value is 0.460. The second kappa shape index (κ2) is 12.5. The number of thiol groups is 1. The van der Waals surface area contributed by atoms with Gasteiger partial charge in [0.25, 0.3) is 0 Å². The minimum atomic E-state index is -3.89. The largest absolute Gasteiger partial charge is 0.483 e. The van der Waals surface area contributed by atoms with E-state index in [9.17, 15) is 4.57 Å². The van der Waals surface area contributed by atoms with Crippen molar-refractivity contribution in [3.8, 4) is 0 Å². The summed E-state index contributed by atoms with van der Waals surface area (Å²) in [6, 6.07) is 0. The Morgan fingerprint density at radius 3 is 1.83 bits per heavy atom. The molecule has 0 fully saturated rings. The van der Waals surface area contributed by atoms with Crippen molar-refractivity contribution in [3.05, 3.63) is 0 Å². The summed E-state index contributed by atoms with van der Waals surface area (Å²) in [7, 11) is -3.89. The van der Waals surface area contributed by atoms with Crippen LogP contribution < -0.4 is 0 Å². The van der Waals surface area contributed by atoms with Crippen LogP contribution in [-0.4, -0.2) is 11.5 Å². The van der Waals surface area contributed by atoms with Gasteiger partial charge >= 0.3 is 7.82 Å². The minimum Gasteiger partial charge on any atom is -0.302 e. The molecule has 0 rings (SSSR count). The number of unbranched alkanes of at least 4 members (excludes halogenated alkanes) is 9. The smallest absolute Gasteiger partial charge is 0.302 e. The molecule has 0 aromatic heterocycles. The van der Waals surface area contributed by atoms with Gasteiger partial charge in [0, 0.05) is 0 Å². The fourth-order valence-electron chi connectivity index (χ4n) is 1.79. The molecule has 0 spiro atoms. The molecular weight excluding hydrogens is 271 g/mol. The standard InChI is InChI=1S/C12H27O4PS/c1-2-3-4-5-6-7-8-9-10-11-12-15-17(13,14)16-18/h18H,2-12H2,1H3,(H,13,14). The highest BCUT2D eigenvalue weighted by atomic mass is 32.1. The lowest BCUT2D eigenvalue weighted by molar-refractivity contribution is 0.208. The molecule has 1 unspecified atom stereocenters. The van der Waals surface area contributed by atoms with Crippen molar-refractivity contribution in [1.29, 1.82) is 0 Å². The fourth-order valence-corrected chi connectivity index (χ4v) is 2.34. The first-order chi connectivity index (χ1) is 8.62. The van der Waals surface area contributed by atoms with Crippen LogP contribution in [0.2, 0.25) is 0 Å². The van der Waals surface area contributed by atoms with Gasteiger partial charge in [-0.1, -0.05) is 64.7 Å². The molecular formula is C12H27O4PS. The summed E-state index contributed by atoms with van der Waals surface area (Å²) in [5.74, 6) is 0. The van der Waals surface area contributed by atoms with Gasteiger partial charge in [-0.2, -0.15) is 0 Å². The highest BCUT2D eigenvalue weighted by Crippen LogP contribution is 2.44. The molecule has 0 aromatic carbocycles. The monoisotopic (exact) mass is 298 g/mol. The molecule has 0 aromatic rings. The summed E-state index contributed by atoms with van der Waals surface area (Å²) < 4.78 is 19.6. The quantitative estimate of drug-likeness (QED) is 0.220. The van der Waals surface area contributed by atoms with Crippen molar-refractivity contribution in [3.63, 3.8) is 0 Å². The summed E-state index contributed by atoms with van der Waals surface area (Å²) in [4.78, 5) is 8.90. The maximum absolute atomic E-state index is 10.9. The molecule has 110 valence electrons. The third kappa shape index (κ3) is 12.9. The highest BCUT2D eigenvalue weighted by Gasteiger charge is 2.18. The van der Waals surface area contributed by atoms with Gasteiger partial charge in [0.1, 0.15) is 0 Å². The summed E-state index contributed by atoms with van der Waals surface area (Å²) >= 11 is 3.27. The summed E-state index contributed by atoms with van der Waals surface area (Å²) in [5.41, 5.74) is 0. The first kappa shape index (κ1) is 18.5. The van der Waals surface area contributed by atoms with Gasteiger partial charge in [0.05, 0.1) is 6.61 Å². The SMILES string of the molecule is CCCCCCCCCCCCOP(=O)(O)OS. The van der Waals surface area contributed by atoms with Crippen LogP contribution in [0.15, 0.2) is 0 Å². The van der Waals surface area contributed by atoms with Gasteiger partial charge in [-0.15, -0.1) is 0 Å². The summed E-state index contributed by atoms with van der Waals surface area (Å²) in [5, 5.41) is 0. The zero-order valence-electron chi connectivity index (χ0n) is 11.3. The van der Waals surface area contributed by atoms with E-state index in [0.717, 1.165) is 19.3 Å². The van der Waals surface area contributed by atoms with Gasteiger partial charge in [0.2, 0.25) is 0 Å². The Balaban J connectivity index is 3.10. The lowest BCUT2D eigenvalue weighted by Crippen LogP contribution is -1.93. The van der Waals surface area contributed by atoms with Crippen molar-refractivity contribution in [2.45, 2.75) is 71.1 Å². The van der Waals surface area contributed by atoms with Crippen LogP contribution in [-0.2, 0) is 13.1 Å². The van der Waals surface area contributed by atoms with E-state index >= 15 is 0 Å². The molecule has 0 bridgehead atoms. The number of phosphoric acid groups is 1. The Morgan fingerprint density at radius 1 is 0.944 bits per heavy atom. The van der Waals surface area contributed by atoms with Crippen molar-refractivity contribution >= 4 is 20.7 Å². The van der Waals surface area contributed by atoms with Crippen molar-refractivity contribution < 1.29 is 18.0 Å².